The molecule has 0 spiro atoms. The molecule has 80 valence electrons. The van der Waals surface area contributed by atoms with Crippen LogP contribution in [0.1, 0.15) is 33.1 Å². The van der Waals surface area contributed by atoms with Crippen molar-refractivity contribution in [2.45, 2.75) is 39.2 Å². The molecule has 0 aromatic rings. The Bertz CT molecular complexity index is 213. The Morgan fingerprint density at radius 1 is 1.31 bits per heavy atom. The zero-order valence-electron chi connectivity index (χ0n) is 8.28. The lowest BCUT2D eigenvalue weighted by molar-refractivity contribution is 0.167. The van der Waals surface area contributed by atoms with Crippen LogP contribution in [0.15, 0.2) is 0 Å². The average molecular weight is 209 g/mol. The van der Waals surface area contributed by atoms with Crippen LogP contribution in [0.4, 0.5) is 0 Å². The Hall–Kier alpha value is -0.130. The lowest BCUT2D eigenvalue weighted by Crippen LogP contribution is -2.33. The van der Waals surface area contributed by atoms with Crippen molar-refractivity contribution in [3.05, 3.63) is 0 Å². The van der Waals surface area contributed by atoms with E-state index in [1.165, 1.54) is 0 Å². The van der Waals surface area contributed by atoms with Gasteiger partial charge in [-0.1, -0.05) is 20.3 Å². The third-order valence-electron chi connectivity index (χ3n) is 1.63. The summed E-state index contributed by atoms with van der Waals surface area (Å²) in [6.07, 6.45) is 1.53. The summed E-state index contributed by atoms with van der Waals surface area (Å²) < 4.78 is 24.6. The van der Waals surface area contributed by atoms with Crippen molar-refractivity contribution in [2.75, 3.05) is 12.3 Å². The van der Waals surface area contributed by atoms with Gasteiger partial charge in [0.15, 0.2) is 0 Å². The minimum atomic E-state index is -3.16. The van der Waals surface area contributed by atoms with Crippen LogP contribution in [-0.4, -0.2) is 31.9 Å². The van der Waals surface area contributed by atoms with Crippen molar-refractivity contribution in [3.8, 4) is 0 Å². The molecule has 0 radical (unpaired) electrons. The minimum absolute atomic E-state index is 0.131. The summed E-state index contributed by atoms with van der Waals surface area (Å²) in [7, 11) is -3.16. The standard InChI is InChI=1S/C8H19NO3S/c1-3-5-8(10)7-9-13(11,12)6-4-2/h8-10H,3-7H2,1-2H3/t8-/m0/s1. The molecule has 0 saturated heterocycles. The van der Waals surface area contributed by atoms with Gasteiger partial charge < -0.3 is 5.11 Å². The molecule has 0 aromatic carbocycles. The van der Waals surface area contributed by atoms with Gasteiger partial charge in [-0.25, -0.2) is 13.1 Å². The van der Waals surface area contributed by atoms with Gasteiger partial charge in [-0.15, -0.1) is 0 Å². The van der Waals surface area contributed by atoms with Gasteiger partial charge >= 0.3 is 0 Å². The van der Waals surface area contributed by atoms with Crippen molar-refractivity contribution in [3.63, 3.8) is 0 Å². The summed E-state index contributed by atoms with van der Waals surface area (Å²) in [6.45, 7) is 3.89. The topological polar surface area (TPSA) is 66.4 Å². The van der Waals surface area contributed by atoms with Crippen molar-refractivity contribution >= 4 is 10.0 Å². The normalized spacial score (nSPS) is 14.4. The first-order valence-electron chi connectivity index (χ1n) is 4.67. The van der Waals surface area contributed by atoms with Crippen molar-refractivity contribution in [1.82, 2.24) is 4.72 Å². The number of sulfonamides is 1. The highest BCUT2D eigenvalue weighted by Crippen LogP contribution is 1.95. The van der Waals surface area contributed by atoms with Crippen LogP contribution in [0.5, 0.6) is 0 Å². The third kappa shape index (κ3) is 6.98. The molecule has 0 amide bonds. The van der Waals surface area contributed by atoms with Gasteiger partial charge in [-0.3, -0.25) is 0 Å². The Morgan fingerprint density at radius 3 is 2.38 bits per heavy atom. The van der Waals surface area contributed by atoms with Crippen LogP contribution in [0.3, 0.4) is 0 Å². The Morgan fingerprint density at radius 2 is 1.92 bits per heavy atom. The molecule has 0 aliphatic rings. The number of aliphatic hydroxyl groups excluding tert-OH is 1. The fourth-order valence-electron chi connectivity index (χ4n) is 0.999. The molecule has 0 aromatic heterocycles. The van der Waals surface area contributed by atoms with Gasteiger partial charge in [0.05, 0.1) is 11.9 Å². The highest BCUT2D eigenvalue weighted by molar-refractivity contribution is 7.89. The largest absolute Gasteiger partial charge is 0.392 e. The second-order valence-corrected chi connectivity index (χ2v) is 5.04. The SMILES string of the molecule is CCC[C@H](O)CNS(=O)(=O)CCC. The zero-order valence-corrected chi connectivity index (χ0v) is 9.10. The second kappa shape index (κ2) is 6.34. The van der Waals surface area contributed by atoms with Gasteiger partial charge in [0.25, 0.3) is 0 Å². The maximum Gasteiger partial charge on any atom is 0.211 e. The van der Waals surface area contributed by atoms with Crippen LogP contribution >= 0.6 is 0 Å². The number of rotatable bonds is 7. The van der Waals surface area contributed by atoms with Gasteiger partial charge in [0.2, 0.25) is 10.0 Å². The maximum absolute atomic E-state index is 11.1. The second-order valence-electron chi connectivity index (χ2n) is 3.11. The van der Waals surface area contributed by atoms with Gasteiger partial charge in [0, 0.05) is 6.54 Å². The molecule has 0 aliphatic heterocycles. The zero-order chi connectivity index (χ0) is 10.3. The lowest BCUT2D eigenvalue weighted by atomic mass is 10.2. The van der Waals surface area contributed by atoms with E-state index < -0.39 is 16.1 Å². The summed E-state index contributed by atoms with van der Waals surface area (Å²) >= 11 is 0. The smallest absolute Gasteiger partial charge is 0.211 e. The first kappa shape index (κ1) is 12.9. The highest BCUT2D eigenvalue weighted by atomic mass is 32.2. The van der Waals surface area contributed by atoms with Crippen LogP contribution < -0.4 is 4.72 Å². The fraction of sp³-hybridized carbons (Fsp3) is 1.00. The van der Waals surface area contributed by atoms with Crippen LogP contribution in [0.25, 0.3) is 0 Å². The molecular weight excluding hydrogens is 190 g/mol. The summed E-state index contributed by atoms with van der Waals surface area (Å²) in [4.78, 5) is 0. The number of aliphatic hydroxyl groups is 1. The predicted molar refractivity (Wildman–Crippen MR) is 53.0 cm³/mol. The molecule has 0 saturated carbocycles. The highest BCUT2D eigenvalue weighted by Gasteiger charge is 2.10. The number of hydrogen-bond acceptors (Lipinski definition) is 3. The van der Waals surface area contributed by atoms with E-state index in [0.29, 0.717) is 12.8 Å². The van der Waals surface area contributed by atoms with E-state index in [-0.39, 0.29) is 12.3 Å². The Kier molecular flexibility index (Phi) is 6.28. The molecule has 1 atom stereocenters. The van der Waals surface area contributed by atoms with Crippen molar-refractivity contribution < 1.29 is 13.5 Å². The molecule has 0 bridgehead atoms. The van der Waals surface area contributed by atoms with Gasteiger partial charge in [0.1, 0.15) is 0 Å². The average Bonchev–Trinajstić information content (AvgIpc) is 2.02. The lowest BCUT2D eigenvalue weighted by Gasteiger charge is -2.10. The molecule has 0 rings (SSSR count). The van der Waals surface area contributed by atoms with E-state index >= 15 is 0 Å². The molecule has 13 heavy (non-hydrogen) atoms. The quantitative estimate of drug-likeness (QED) is 0.641. The minimum Gasteiger partial charge on any atom is -0.392 e. The molecule has 0 fully saturated rings. The van der Waals surface area contributed by atoms with Crippen molar-refractivity contribution in [2.24, 2.45) is 0 Å². The summed E-state index contributed by atoms with van der Waals surface area (Å²) in [6, 6.07) is 0. The molecule has 5 heteroatoms. The van der Waals surface area contributed by atoms with Crippen LogP contribution in [0, 0.1) is 0 Å². The first-order chi connectivity index (χ1) is 6.02. The molecule has 0 aliphatic carbocycles. The van der Waals surface area contributed by atoms with Crippen LogP contribution in [-0.2, 0) is 10.0 Å². The fourth-order valence-corrected chi connectivity index (χ4v) is 2.13. The molecule has 0 unspecified atom stereocenters. The molecule has 2 N–H and O–H groups in total. The Balaban J connectivity index is 3.74. The van der Waals surface area contributed by atoms with E-state index in [1.807, 2.05) is 13.8 Å². The number of nitrogens with one attached hydrogen (secondary N) is 1. The number of hydrogen-bond donors (Lipinski definition) is 2. The Labute approximate surface area is 80.4 Å². The van der Waals surface area contributed by atoms with E-state index in [2.05, 4.69) is 4.72 Å². The van der Waals surface area contributed by atoms with Crippen molar-refractivity contribution in [1.29, 1.82) is 0 Å². The summed E-state index contributed by atoms with van der Waals surface area (Å²) in [5, 5.41) is 9.25. The molecule has 0 heterocycles. The van der Waals surface area contributed by atoms with E-state index in [9.17, 15) is 13.5 Å². The summed E-state index contributed by atoms with van der Waals surface area (Å²) in [5.41, 5.74) is 0. The van der Waals surface area contributed by atoms with E-state index in [0.717, 1.165) is 6.42 Å². The van der Waals surface area contributed by atoms with Gasteiger partial charge in [-0.05, 0) is 12.8 Å². The maximum atomic E-state index is 11.1. The molecular formula is C8H19NO3S. The molecule has 4 nitrogen and oxygen atoms in total. The van der Waals surface area contributed by atoms with Crippen LogP contribution in [0.2, 0.25) is 0 Å². The van der Waals surface area contributed by atoms with E-state index in [1.54, 1.807) is 0 Å². The van der Waals surface area contributed by atoms with E-state index in [4.69, 9.17) is 0 Å². The summed E-state index contributed by atoms with van der Waals surface area (Å²) in [5.74, 6) is 0.131. The monoisotopic (exact) mass is 209 g/mol. The van der Waals surface area contributed by atoms with Gasteiger partial charge in [-0.2, -0.15) is 0 Å². The first-order valence-corrected chi connectivity index (χ1v) is 6.32. The third-order valence-corrected chi connectivity index (χ3v) is 3.19. The predicted octanol–water partition coefficient (Wildman–Crippen LogP) is 0.477.